The highest BCUT2D eigenvalue weighted by atomic mass is 79.9. The predicted molar refractivity (Wildman–Crippen MR) is 97.3 cm³/mol. The van der Waals surface area contributed by atoms with E-state index in [2.05, 4.69) is 26.6 Å². The molecular formula is C16H18BrN3O3S. The van der Waals surface area contributed by atoms with Gasteiger partial charge in [-0.15, -0.1) is 0 Å². The van der Waals surface area contributed by atoms with Gasteiger partial charge in [-0.3, -0.25) is 0 Å². The Morgan fingerprint density at radius 3 is 2.29 bits per heavy atom. The van der Waals surface area contributed by atoms with Gasteiger partial charge in [0.25, 0.3) is 0 Å². The maximum absolute atomic E-state index is 12.0. The van der Waals surface area contributed by atoms with Gasteiger partial charge in [0.15, 0.2) is 0 Å². The van der Waals surface area contributed by atoms with Gasteiger partial charge in [0, 0.05) is 25.1 Å². The van der Waals surface area contributed by atoms with Crippen molar-refractivity contribution in [1.29, 1.82) is 0 Å². The maximum atomic E-state index is 12.0. The van der Waals surface area contributed by atoms with Gasteiger partial charge in [0.1, 0.15) is 0 Å². The van der Waals surface area contributed by atoms with Crippen LogP contribution in [0.2, 0.25) is 0 Å². The van der Waals surface area contributed by atoms with E-state index in [-0.39, 0.29) is 10.9 Å². The number of carbonyl (C=O) groups is 1. The molecule has 0 radical (unpaired) electrons. The number of anilines is 1. The summed E-state index contributed by atoms with van der Waals surface area (Å²) in [5, 5.41) is 5.46. The lowest BCUT2D eigenvalue weighted by Gasteiger charge is -2.12. The summed E-state index contributed by atoms with van der Waals surface area (Å²) < 4.78 is 25.9. The highest BCUT2D eigenvalue weighted by Gasteiger charge is 2.16. The smallest absolute Gasteiger partial charge is 0.319 e. The summed E-state index contributed by atoms with van der Waals surface area (Å²) in [4.78, 5) is 12.1. The first kappa shape index (κ1) is 18.4. The molecule has 0 saturated heterocycles. The molecular weight excluding hydrogens is 394 g/mol. The van der Waals surface area contributed by atoms with E-state index in [0.29, 0.717) is 12.2 Å². The second kappa shape index (κ2) is 7.78. The van der Waals surface area contributed by atoms with E-state index in [1.165, 1.54) is 26.2 Å². The molecule has 128 valence electrons. The van der Waals surface area contributed by atoms with Gasteiger partial charge in [0.05, 0.1) is 10.6 Å². The number of rotatable bonds is 5. The summed E-state index contributed by atoms with van der Waals surface area (Å²) in [6, 6.07) is 13.4. The van der Waals surface area contributed by atoms with Crippen molar-refractivity contribution in [2.24, 2.45) is 0 Å². The molecule has 0 aromatic heterocycles. The zero-order valence-electron chi connectivity index (χ0n) is 13.3. The third kappa shape index (κ3) is 4.56. The second-order valence-electron chi connectivity index (χ2n) is 5.22. The van der Waals surface area contributed by atoms with Crippen molar-refractivity contribution in [2.75, 3.05) is 19.4 Å². The summed E-state index contributed by atoms with van der Waals surface area (Å²) in [6.07, 6.45) is 0. The molecule has 2 aromatic rings. The molecule has 0 bridgehead atoms. The summed E-state index contributed by atoms with van der Waals surface area (Å²) in [5.74, 6) is 0. The summed E-state index contributed by atoms with van der Waals surface area (Å²) in [5.41, 5.74) is 1.47. The topological polar surface area (TPSA) is 78.5 Å². The quantitative estimate of drug-likeness (QED) is 0.793. The van der Waals surface area contributed by atoms with E-state index in [4.69, 9.17) is 0 Å². The molecule has 2 amide bonds. The Morgan fingerprint density at radius 1 is 1.08 bits per heavy atom. The standard InChI is InChI=1S/C16H18BrN3O3S/c1-20(2)24(22,23)13-9-7-12(8-10-13)11-18-16(21)19-15-6-4-3-5-14(15)17/h3-10H,11H2,1-2H3,(H2,18,19,21). The minimum Gasteiger partial charge on any atom is -0.334 e. The molecule has 24 heavy (non-hydrogen) atoms. The van der Waals surface area contributed by atoms with Gasteiger partial charge >= 0.3 is 6.03 Å². The summed E-state index contributed by atoms with van der Waals surface area (Å²) in [6.45, 7) is 0.290. The Hall–Kier alpha value is -1.90. The van der Waals surface area contributed by atoms with Crippen LogP contribution < -0.4 is 10.6 Å². The van der Waals surface area contributed by atoms with E-state index >= 15 is 0 Å². The van der Waals surface area contributed by atoms with Gasteiger partial charge in [-0.05, 0) is 45.8 Å². The third-order valence-electron chi connectivity index (χ3n) is 3.28. The fourth-order valence-electron chi connectivity index (χ4n) is 1.90. The molecule has 6 nitrogen and oxygen atoms in total. The number of hydrogen-bond donors (Lipinski definition) is 2. The molecule has 0 aliphatic carbocycles. The number of benzene rings is 2. The van der Waals surface area contributed by atoms with E-state index in [0.717, 1.165) is 14.3 Å². The summed E-state index contributed by atoms with van der Waals surface area (Å²) >= 11 is 3.36. The van der Waals surface area contributed by atoms with Gasteiger partial charge in [0.2, 0.25) is 10.0 Å². The Kier molecular flexibility index (Phi) is 5.98. The Bertz CT molecular complexity index is 821. The number of carbonyl (C=O) groups excluding carboxylic acids is 1. The Labute approximate surface area is 150 Å². The van der Waals surface area contributed by atoms with Gasteiger partial charge in [-0.25, -0.2) is 17.5 Å². The minimum absolute atomic E-state index is 0.217. The van der Waals surface area contributed by atoms with E-state index in [1.807, 2.05) is 18.2 Å². The molecule has 0 fully saturated rings. The molecule has 2 N–H and O–H groups in total. The number of nitrogens with zero attached hydrogens (tertiary/aromatic N) is 1. The predicted octanol–water partition coefficient (Wildman–Crippen LogP) is 3.02. The first-order valence-corrected chi connectivity index (χ1v) is 9.35. The van der Waals surface area contributed by atoms with Crippen LogP contribution >= 0.6 is 15.9 Å². The summed E-state index contributed by atoms with van der Waals surface area (Å²) in [7, 11) is -0.476. The zero-order valence-corrected chi connectivity index (χ0v) is 15.7. The van der Waals surface area contributed by atoms with Crippen LogP contribution in [0.25, 0.3) is 0 Å². The van der Waals surface area contributed by atoms with Crippen molar-refractivity contribution in [2.45, 2.75) is 11.4 Å². The molecule has 0 aliphatic rings. The van der Waals surface area contributed by atoms with Crippen LogP contribution in [0, 0.1) is 0 Å². The average molecular weight is 412 g/mol. The van der Waals surface area contributed by atoms with Crippen molar-refractivity contribution >= 4 is 37.7 Å². The lowest BCUT2D eigenvalue weighted by atomic mass is 10.2. The molecule has 0 spiro atoms. The number of amides is 2. The number of sulfonamides is 1. The first-order chi connectivity index (χ1) is 11.3. The highest BCUT2D eigenvalue weighted by molar-refractivity contribution is 9.10. The molecule has 2 rings (SSSR count). The van der Waals surface area contributed by atoms with E-state index < -0.39 is 10.0 Å². The fourth-order valence-corrected chi connectivity index (χ4v) is 3.19. The van der Waals surface area contributed by atoms with Gasteiger partial charge in [-0.2, -0.15) is 0 Å². The van der Waals surface area contributed by atoms with Crippen molar-refractivity contribution in [3.8, 4) is 0 Å². The van der Waals surface area contributed by atoms with Crippen molar-refractivity contribution < 1.29 is 13.2 Å². The van der Waals surface area contributed by atoms with E-state index in [1.54, 1.807) is 18.2 Å². The minimum atomic E-state index is -3.44. The Morgan fingerprint density at radius 2 is 1.71 bits per heavy atom. The van der Waals surface area contributed by atoms with Crippen LogP contribution in [0.1, 0.15) is 5.56 Å². The van der Waals surface area contributed by atoms with Crippen molar-refractivity contribution in [1.82, 2.24) is 9.62 Å². The Balaban J connectivity index is 1.95. The molecule has 2 aromatic carbocycles. The van der Waals surface area contributed by atoms with Crippen LogP contribution in [-0.2, 0) is 16.6 Å². The fraction of sp³-hybridized carbons (Fsp3) is 0.188. The zero-order chi connectivity index (χ0) is 17.7. The van der Waals surface area contributed by atoms with Gasteiger partial charge < -0.3 is 10.6 Å². The van der Waals surface area contributed by atoms with Crippen LogP contribution in [-0.4, -0.2) is 32.8 Å². The molecule has 0 saturated carbocycles. The first-order valence-electron chi connectivity index (χ1n) is 7.11. The molecule has 8 heteroatoms. The number of urea groups is 1. The van der Waals surface area contributed by atoms with Crippen molar-refractivity contribution in [3.05, 3.63) is 58.6 Å². The average Bonchev–Trinajstić information content (AvgIpc) is 2.55. The normalized spacial score (nSPS) is 11.3. The van der Waals surface area contributed by atoms with Gasteiger partial charge in [-0.1, -0.05) is 24.3 Å². The lowest BCUT2D eigenvalue weighted by Crippen LogP contribution is -2.28. The van der Waals surface area contributed by atoms with Crippen LogP contribution in [0.3, 0.4) is 0 Å². The van der Waals surface area contributed by atoms with E-state index in [9.17, 15) is 13.2 Å². The number of nitrogens with one attached hydrogen (secondary N) is 2. The molecule has 0 atom stereocenters. The number of para-hydroxylation sites is 1. The van der Waals surface area contributed by atoms with Crippen molar-refractivity contribution in [3.63, 3.8) is 0 Å². The largest absolute Gasteiger partial charge is 0.334 e. The number of halogens is 1. The van der Waals surface area contributed by atoms with Crippen LogP contribution in [0.5, 0.6) is 0 Å². The maximum Gasteiger partial charge on any atom is 0.319 e. The van der Waals surface area contributed by atoms with Crippen LogP contribution in [0.15, 0.2) is 57.9 Å². The molecule has 0 aliphatic heterocycles. The second-order valence-corrected chi connectivity index (χ2v) is 8.23. The third-order valence-corrected chi connectivity index (χ3v) is 5.80. The SMILES string of the molecule is CN(C)S(=O)(=O)c1ccc(CNC(=O)Nc2ccccc2Br)cc1. The lowest BCUT2D eigenvalue weighted by molar-refractivity contribution is 0.251. The molecule has 0 heterocycles. The number of hydrogen-bond acceptors (Lipinski definition) is 3. The molecule has 0 unspecified atom stereocenters. The highest BCUT2D eigenvalue weighted by Crippen LogP contribution is 2.21. The monoisotopic (exact) mass is 411 g/mol. The van der Waals surface area contributed by atoms with Crippen LogP contribution in [0.4, 0.5) is 10.5 Å².